The van der Waals surface area contributed by atoms with Crippen molar-refractivity contribution in [3.63, 3.8) is 0 Å². The van der Waals surface area contributed by atoms with Crippen molar-refractivity contribution in [2.45, 2.75) is 19.9 Å². The van der Waals surface area contributed by atoms with Gasteiger partial charge in [0.05, 0.1) is 27.9 Å². The molecule has 0 unspecified atom stereocenters. The second kappa shape index (κ2) is 10.7. The quantitative estimate of drug-likeness (QED) is 0.524. The Balaban J connectivity index is 2.13. The van der Waals surface area contributed by atoms with Crippen LogP contribution in [0.3, 0.4) is 0 Å². The lowest BCUT2D eigenvalue weighted by atomic mass is 10.2. The van der Waals surface area contributed by atoms with E-state index in [1.807, 2.05) is 12.1 Å². The first kappa shape index (κ1) is 20.9. The number of benzene rings is 1. The van der Waals surface area contributed by atoms with Gasteiger partial charge in [-0.05, 0) is 42.5 Å². The van der Waals surface area contributed by atoms with Crippen LogP contribution in [0.2, 0.25) is 0 Å². The Morgan fingerprint density at radius 3 is 2.37 bits per heavy atom. The summed E-state index contributed by atoms with van der Waals surface area (Å²) < 4.78 is 16.2. The zero-order valence-electron chi connectivity index (χ0n) is 16.7. The molecule has 0 radical (unpaired) electrons. The van der Waals surface area contributed by atoms with Gasteiger partial charge in [0.1, 0.15) is 0 Å². The second-order valence-electron chi connectivity index (χ2n) is 5.95. The average Bonchev–Trinajstić information content (AvgIpc) is 3.21. The summed E-state index contributed by atoms with van der Waals surface area (Å²) in [6.07, 6.45) is 1.00. The molecule has 1 heterocycles. The Labute approximate surface area is 165 Å². The van der Waals surface area contributed by atoms with Gasteiger partial charge in [-0.3, -0.25) is 0 Å². The number of hydrogen-bond donors (Lipinski definition) is 1. The molecule has 0 saturated carbocycles. The van der Waals surface area contributed by atoms with Gasteiger partial charge in [-0.15, -0.1) is 11.3 Å². The maximum Gasteiger partial charge on any atom is 0.203 e. The lowest BCUT2D eigenvalue weighted by Crippen LogP contribution is -2.39. The monoisotopic (exact) mass is 391 g/mol. The molecule has 27 heavy (non-hydrogen) atoms. The summed E-state index contributed by atoms with van der Waals surface area (Å²) in [5, 5.41) is 5.46. The van der Waals surface area contributed by atoms with E-state index in [-0.39, 0.29) is 0 Å². The molecule has 0 atom stereocenters. The van der Waals surface area contributed by atoms with Crippen LogP contribution in [0.4, 0.5) is 0 Å². The van der Waals surface area contributed by atoms with Gasteiger partial charge >= 0.3 is 0 Å². The third-order valence-corrected chi connectivity index (χ3v) is 5.04. The van der Waals surface area contributed by atoms with Crippen LogP contribution in [0.15, 0.2) is 34.6 Å². The fraction of sp³-hybridized carbons (Fsp3) is 0.450. The number of rotatable bonds is 9. The molecule has 7 heteroatoms. The Morgan fingerprint density at radius 1 is 1.15 bits per heavy atom. The van der Waals surface area contributed by atoms with E-state index in [1.54, 1.807) is 32.7 Å². The number of ether oxygens (including phenoxy) is 3. The van der Waals surface area contributed by atoms with Crippen LogP contribution in [-0.2, 0) is 13.0 Å². The van der Waals surface area contributed by atoms with Crippen molar-refractivity contribution in [2.75, 3.05) is 41.5 Å². The number of thiophene rings is 1. The van der Waals surface area contributed by atoms with Crippen LogP contribution in [0.5, 0.6) is 17.2 Å². The molecular weight excluding hydrogens is 362 g/mol. The highest BCUT2D eigenvalue weighted by molar-refractivity contribution is 7.09. The average molecular weight is 392 g/mol. The number of guanidine groups is 1. The van der Waals surface area contributed by atoms with Gasteiger partial charge in [0, 0.05) is 25.0 Å². The van der Waals surface area contributed by atoms with Crippen molar-refractivity contribution in [2.24, 2.45) is 4.99 Å². The highest BCUT2D eigenvalue weighted by Crippen LogP contribution is 2.38. The minimum Gasteiger partial charge on any atom is -0.493 e. The van der Waals surface area contributed by atoms with Crippen molar-refractivity contribution in [3.05, 3.63) is 40.1 Å². The number of aliphatic imine (C=N–C) groups is 1. The molecule has 1 aromatic heterocycles. The molecule has 0 saturated heterocycles. The molecule has 2 rings (SSSR count). The van der Waals surface area contributed by atoms with Crippen LogP contribution in [0.1, 0.15) is 17.4 Å². The lowest BCUT2D eigenvalue weighted by Gasteiger charge is -2.22. The van der Waals surface area contributed by atoms with Crippen molar-refractivity contribution < 1.29 is 14.2 Å². The van der Waals surface area contributed by atoms with Crippen molar-refractivity contribution >= 4 is 17.3 Å². The predicted molar refractivity (Wildman–Crippen MR) is 112 cm³/mol. The molecule has 1 N–H and O–H groups in total. The summed E-state index contributed by atoms with van der Waals surface area (Å²) >= 11 is 1.79. The SMILES string of the molecule is CCNC(=NCc1cc(OC)c(OC)c(OC)c1)N(C)CCc1cccs1. The van der Waals surface area contributed by atoms with Crippen LogP contribution in [0, 0.1) is 0 Å². The largest absolute Gasteiger partial charge is 0.493 e. The first-order valence-corrected chi connectivity index (χ1v) is 9.81. The normalized spacial score (nSPS) is 11.2. The molecule has 0 bridgehead atoms. The van der Waals surface area contributed by atoms with Gasteiger partial charge in [-0.25, -0.2) is 4.99 Å². The molecule has 0 fully saturated rings. The molecule has 0 spiro atoms. The van der Waals surface area contributed by atoms with Gasteiger partial charge in [0.15, 0.2) is 17.5 Å². The second-order valence-corrected chi connectivity index (χ2v) is 6.99. The van der Waals surface area contributed by atoms with E-state index >= 15 is 0 Å². The van der Waals surface area contributed by atoms with E-state index in [1.165, 1.54) is 4.88 Å². The van der Waals surface area contributed by atoms with Gasteiger partial charge in [-0.1, -0.05) is 6.07 Å². The Kier molecular flexibility index (Phi) is 8.26. The third-order valence-electron chi connectivity index (χ3n) is 4.11. The van der Waals surface area contributed by atoms with E-state index in [0.29, 0.717) is 23.8 Å². The Hall–Kier alpha value is -2.41. The standard InChI is InChI=1S/C20H29N3O3S/c1-6-21-20(23(2)10-9-16-8-7-11-27-16)22-14-15-12-17(24-3)19(26-5)18(13-15)25-4/h7-8,11-13H,6,9-10,14H2,1-5H3,(H,21,22). The van der Waals surface area contributed by atoms with Crippen LogP contribution in [-0.4, -0.2) is 52.3 Å². The van der Waals surface area contributed by atoms with Gasteiger partial charge in [0.25, 0.3) is 0 Å². The molecule has 148 valence electrons. The Morgan fingerprint density at radius 2 is 1.85 bits per heavy atom. The van der Waals surface area contributed by atoms with Crippen molar-refractivity contribution in [1.82, 2.24) is 10.2 Å². The molecule has 0 aliphatic carbocycles. The number of hydrogen-bond acceptors (Lipinski definition) is 5. The minimum absolute atomic E-state index is 0.516. The number of likely N-dealkylation sites (N-methyl/N-ethyl adjacent to an activating group) is 1. The van der Waals surface area contributed by atoms with Gasteiger partial charge < -0.3 is 24.4 Å². The van der Waals surface area contributed by atoms with Crippen LogP contribution < -0.4 is 19.5 Å². The van der Waals surface area contributed by atoms with Gasteiger partial charge in [-0.2, -0.15) is 0 Å². The summed E-state index contributed by atoms with van der Waals surface area (Å²) in [5.74, 6) is 2.74. The molecule has 0 aliphatic rings. The Bertz CT molecular complexity index is 707. The topological polar surface area (TPSA) is 55.3 Å². The highest BCUT2D eigenvalue weighted by atomic mass is 32.1. The molecule has 0 amide bonds. The highest BCUT2D eigenvalue weighted by Gasteiger charge is 2.13. The van der Waals surface area contributed by atoms with Gasteiger partial charge in [0.2, 0.25) is 5.75 Å². The fourth-order valence-electron chi connectivity index (χ4n) is 2.70. The third kappa shape index (κ3) is 5.79. The van der Waals surface area contributed by atoms with E-state index in [9.17, 15) is 0 Å². The maximum absolute atomic E-state index is 5.42. The molecule has 6 nitrogen and oxygen atoms in total. The summed E-state index contributed by atoms with van der Waals surface area (Å²) in [6.45, 7) is 4.31. The number of nitrogens with zero attached hydrogens (tertiary/aromatic N) is 2. The van der Waals surface area contributed by atoms with Crippen molar-refractivity contribution in [3.8, 4) is 17.2 Å². The van der Waals surface area contributed by atoms with Crippen LogP contribution in [0.25, 0.3) is 0 Å². The number of methoxy groups -OCH3 is 3. The fourth-order valence-corrected chi connectivity index (χ4v) is 3.40. The zero-order chi connectivity index (χ0) is 19.6. The maximum atomic E-state index is 5.42. The summed E-state index contributed by atoms with van der Waals surface area (Å²) in [4.78, 5) is 8.30. The molecule has 1 aromatic carbocycles. The van der Waals surface area contributed by atoms with E-state index < -0.39 is 0 Å². The summed E-state index contributed by atoms with van der Waals surface area (Å²) in [6, 6.07) is 8.11. The molecule has 2 aromatic rings. The van der Waals surface area contributed by atoms with Crippen LogP contribution >= 0.6 is 11.3 Å². The summed E-state index contributed by atoms with van der Waals surface area (Å²) in [5.41, 5.74) is 0.992. The lowest BCUT2D eigenvalue weighted by molar-refractivity contribution is 0.324. The predicted octanol–water partition coefficient (Wildman–Crippen LogP) is 3.41. The first-order chi connectivity index (χ1) is 13.1. The molecule has 0 aliphatic heterocycles. The van der Waals surface area contributed by atoms with E-state index in [4.69, 9.17) is 19.2 Å². The van der Waals surface area contributed by atoms with Crippen molar-refractivity contribution in [1.29, 1.82) is 0 Å². The zero-order valence-corrected chi connectivity index (χ0v) is 17.6. The minimum atomic E-state index is 0.516. The summed E-state index contributed by atoms with van der Waals surface area (Å²) in [7, 11) is 6.90. The number of nitrogens with one attached hydrogen (secondary N) is 1. The van der Waals surface area contributed by atoms with E-state index in [0.717, 1.165) is 31.0 Å². The first-order valence-electron chi connectivity index (χ1n) is 8.93. The van der Waals surface area contributed by atoms with E-state index in [2.05, 4.69) is 41.7 Å². The smallest absolute Gasteiger partial charge is 0.203 e. The molecular formula is C20H29N3O3S.